The average Bonchev–Trinajstić information content (AvgIpc) is 3.03. The Hall–Kier alpha value is -3.22. The van der Waals surface area contributed by atoms with E-state index in [2.05, 4.69) is 9.50 Å². The lowest BCUT2D eigenvalue weighted by Gasteiger charge is -2.09. The number of halogens is 2. The summed E-state index contributed by atoms with van der Waals surface area (Å²) in [5.74, 6) is -0.413. The molecular formula is C19H15ClFN5O2S. The van der Waals surface area contributed by atoms with E-state index in [9.17, 15) is 18.1 Å². The Morgan fingerprint density at radius 3 is 2.34 bits per heavy atom. The molecule has 0 unspecified atom stereocenters. The molecule has 1 heterocycles. The molecule has 0 saturated heterocycles. The van der Waals surface area contributed by atoms with Gasteiger partial charge in [-0.3, -0.25) is 0 Å². The summed E-state index contributed by atoms with van der Waals surface area (Å²) in [6.07, 6.45) is 1.20. The number of rotatable bonds is 5. The van der Waals surface area contributed by atoms with Crippen molar-refractivity contribution >= 4 is 28.0 Å². The molecule has 0 aliphatic rings. The van der Waals surface area contributed by atoms with Crippen molar-refractivity contribution in [3.05, 3.63) is 65.1 Å². The van der Waals surface area contributed by atoms with Crippen LogP contribution in [0.15, 0.2) is 57.8 Å². The first kappa shape index (κ1) is 20.5. The highest BCUT2D eigenvalue weighted by Gasteiger charge is 2.20. The van der Waals surface area contributed by atoms with Crippen LogP contribution in [0.3, 0.4) is 0 Å². The minimum Gasteiger partial charge on any atom is -0.368 e. The third-order valence-corrected chi connectivity index (χ3v) is 5.44. The second-order valence-electron chi connectivity index (χ2n) is 6.20. The number of hydrogen-bond donors (Lipinski definition) is 0. The topological polar surface area (TPSA) is 91.3 Å². The molecule has 29 heavy (non-hydrogen) atoms. The molecule has 0 atom stereocenters. The molecule has 10 heteroatoms. The van der Waals surface area contributed by atoms with Gasteiger partial charge in [0.05, 0.1) is 16.3 Å². The first-order valence-electron chi connectivity index (χ1n) is 8.25. The highest BCUT2D eigenvalue weighted by atomic mass is 35.5. The Morgan fingerprint density at radius 1 is 1.17 bits per heavy atom. The quantitative estimate of drug-likeness (QED) is 0.455. The van der Waals surface area contributed by atoms with Crippen molar-refractivity contribution < 1.29 is 12.8 Å². The van der Waals surface area contributed by atoms with Crippen LogP contribution in [-0.4, -0.2) is 43.5 Å². The molecule has 1 aromatic heterocycles. The van der Waals surface area contributed by atoms with E-state index in [4.69, 9.17) is 11.6 Å². The summed E-state index contributed by atoms with van der Waals surface area (Å²) in [6, 6.07) is 13.3. The van der Waals surface area contributed by atoms with Crippen molar-refractivity contribution in [2.75, 3.05) is 14.1 Å². The number of benzene rings is 2. The molecule has 3 aromatic rings. The van der Waals surface area contributed by atoms with Gasteiger partial charge in [0.25, 0.3) is 10.0 Å². The lowest BCUT2D eigenvalue weighted by atomic mass is 10.1. The highest BCUT2D eigenvalue weighted by Crippen LogP contribution is 2.33. The van der Waals surface area contributed by atoms with E-state index in [-0.39, 0.29) is 15.6 Å². The molecule has 0 bridgehead atoms. The Bertz CT molecular complexity index is 1210. The fraction of sp³-hybridized carbons (Fsp3) is 0.105. The molecule has 2 aromatic carbocycles. The molecule has 148 valence electrons. The third kappa shape index (κ3) is 4.29. The van der Waals surface area contributed by atoms with Crippen LogP contribution in [0.2, 0.25) is 5.02 Å². The molecule has 0 fully saturated rings. The summed E-state index contributed by atoms with van der Waals surface area (Å²) in [6.45, 7) is 0. The molecule has 0 aliphatic heterocycles. The van der Waals surface area contributed by atoms with Gasteiger partial charge in [0.1, 0.15) is 23.2 Å². The monoisotopic (exact) mass is 431 g/mol. The predicted molar refractivity (Wildman–Crippen MR) is 108 cm³/mol. The Morgan fingerprint density at radius 2 is 1.79 bits per heavy atom. The van der Waals surface area contributed by atoms with Gasteiger partial charge in [0.15, 0.2) is 5.69 Å². The number of hydrogen-bond acceptors (Lipinski definition) is 4. The second kappa shape index (κ2) is 8.03. The van der Waals surface area contributed by atoms with Gasteiger partial charge in [0, 0.05) is 19.7 Å². The summed E-state index contributed by atoms with van der Waals surface area (Å²) in [5, 5.41) is 13.6. The maximum atomic E-state index is 13.3. The summed E-state index contributed by atoms with van der Waals surface area (Å²) in [5.41, 5.74) is 1.42. The largest absolute Gasteiger partial charge is 0.368 e. The molecular weight excluding hydrogens is 417 g/mol. The molecule has 0 radical (unpaired) electrons. The van der Waals surface area contributed by atoms with Gasteiger partial charge in [-0.1, -0.05) is 11.6 Å². The maximum Gasteiger partial charge on any atom is 0.283 e. The maximum absolute atomic E-state index is 13.3. The lowest BCUT2D eigenvalue weighted by Crippen LogP contribution is -2.10. The van der Waals surface area contributed by atoms with E-state index in [1.807, 2.05) is 6.07 Å². The summed E-state index contributed by atoms with van der Waals surface area (Å²) in [4.78, 5) is 1.51. The third-order valence-electron chi connectivity index (χ3n) is 3.85. The Balaban J connectivity index is 2.08. The van der Waals surface area contributed by atoms with Gasteiger partial charge in [-0.25, -0.2) is 9.07 Å². The molecule has 0 spiro atoms. The Labute approximate surface area is 172 Å². The Kier molecular flexibility index (Phi) is 5.68. The smallest absolute Gasteiger partial charge is 0.283 e. The summed E-state index contributed by atoms with van der Waals surface area (Å²) >= 11 is 6.31. The normalized spacial score (nSPS) is 11.6. The van der Waals surface area contributed by atoms with Gasteiger partial charge in [-0.2, -0.15) is 18.8 Å². The molecule has 0 saturated carbocycles. The molecule has 3 rings (SSSR count). The second-order valence-corrected chi connectivity index (χ2v) is 8.21. The average molecular weight is 432 g/mol. The standard InChI is InChI=1S/C19H15ClFN5O2S/c1-25(2)12-23-29(27,28)16-9-7-15(8-10-16)26-19(18(20)17(11-22)24-26)13-3-5-14(21)6-4-13/h3-10,12H,1-2H3. The van der Waals surface area contributed by atoms with Crippen LogP contribution in [-0.2, 0) is 10.0 Å². The van der Waals surface area contributed by atoms with E-state index in [1.54, 1.807) is 14.1 Å². The molecule has 7 nitrogen and oxygen atoms in total. The first-order chi connectivity index (χ1) is 13.7. The van der Waals surface area contributed by atoms with Crippen molar-refractivity contribution in [1.82, 2.24) is 14.7 Å². The van der Waals surface area contributed by atoms with Gasteiger partial charge < -0.3 is 4.90 Å². The zero-order valence-corrected chi connectivity index (χ0v) is 17.0. The van der Waals surface area contributed by atoms with Crippen LogP contribution in [0.5, 0.6) is 0 Å². The zero-order valence-electron chi connectivity index (χ0n) is 15.4. The van der Waals surface area contributed by atoms with E-state index in [0.29, 0.717) is 16.9 Å². The van der Waals surface area contributed by atoms with Crippen LogP contribution >= 0.6 is 11.6 Å². The van der Waals surface area contributed by atoms with Crippen LogP contribution in [0.25, 0.3) is 16.9 Å². The van der Waals surface area contributed by atoms with Crippen LogP contribution in [0, 0.1) is 17.1 Å². The van der Waals surface area contributed by atoms with Crippen LogP contribution in [0.1, 0.15) is 5.69 Å². The minimum absolute atomic E-state index is 0.00134. The van der Waals surface area contributed by atoms with Gasteiger partial charge in [-0.15, -0.1) is 4.40 Å². The highest BCUT2D eigenvalue weighted by molar-refractivity contribution is 7.90. The van der Waals surface area contributed by atoms with Crippen molar-refractivity contribution in [2.45, 2.75) is 4.90 Å². The number of aromatic nitrogens is 2. The van der Waals surface area contributed by atoms with Gasteiger partial charge in [-0.05, 0) is 48.5 Å². The SMILES string of the molecule is CN(C)C=NS(=O)(=O)c1ccc(-n2nc(C#N)c(Cl)c2-c2ccc(F)cc2)cc1. The van der Waals surface area contributed by atoms with Gasteiger partial charge >= 0.3 is 0 Å². The van der Waals surface area contributed by atoms with Crippen molar-refractivity contribution in [1.29, 1.82) is 5.26 Å². The molecule has 0 N–H and O–H groups in total. The molecule has 0 amide bonds. The zero-order chi connectivity index (χ0) is 21.2. The number of sulfonamides is 1. The summed E-state index contributed by atoms with van der Waals surface area (Å²) in [7, 11) is -0.531. The number of nitriles is 1. The fourth-order valence-corrected chi connectivity index (χ4v) is 3.67. The number of nitrogens with zero attached hydrogens (tertiary/aromatic N) is 5. The summed E-state index contributed by atoms with van der Waals surface area (Å²) < 4.78 is 42.8. The first-order valence-corrected chi connectivity index (χ1v) is 10.1. The predicted octanol–water partition coefficient (Wildman–Crippen LogP) is 3.48. The molecule has 0 aliphatic carbocycles. The van der Waals surface area contributed by atoms with E-state index >= 15 is 0 Å². The van der Waals surface area contributed by atoms with E-state index in [1.165, 1.54) is 64.5 Å². The lowest BCUT2D eigenvalue weighted by molar-refractivity contribution is 0.594. The van der Waals surface area contributed by atoms with Crippen molar-refractivity contribution in [2.24, 2.45) is 4.40 Å². The van der Waals surface area contributed by atoms with Gasteiger partial charge in [0.2, 0.25) is 0 Å². The van der Waals surface area contributed by atoms with E-state index in [0.717, 1.165) is 0 Å². The fourth-order valence-electron chi connectivity index (χ4n) is 2.49. The van der Waals surface area contributed by atoms with E-state index < -0.39 is 15.8 Å². The van der Waals surface area contributed by atoms with Crippen molar-refractivity contribution in [3.8, 4) is 23.0 Å². The van der Waals surface area contributed by atoms with Crippen LogP contribution in [0.4, 0.5) is 4.39 Å². The van der Waals surface area contributed by atoms with Crippen molar-refractivity contribution in [3.63, 3.8) is 0 Å². The van der Waals surface area contributed by atoms with Crippen LogP contribution < -0.4 is 0 Å². The minimum atomic E-state index is -3.85.